The number of anilines is 1. The molecule has 0 radical (unpaired) electrons. The summed E-state index contributed by atoms with van der Waals surface area (Å²) in [6.07, 6.45) is 5.80. The number of ether oxygens (including phenoxy) is 1. The van der Waals surface area contributed by atoms with Crippen LogP contribution in [-0.4, -0.2) is 62.0 Å². The molecule has 2 aliphatic heterocycles. The summed E-state index contributed by atoms with van der Waals surface area (Å²) in [6.45, 7) is 3.10. The predicted molar refractivity (Wildman–Crippen MR) is 138 cm³/mol. The van der Waals surface area contributed by atoms with Crippen molar-refractivity contribution in [2.24, 2.45) is 5.92 Å². The Morgan fingerprint density at radius 1 is 1.17 bits per heavy atom. The van der Waals surface area contributed by atoms with Crippen molar-refractivity contribution in [2.75, 3.05) is 45.2 Å². The van der Waals surface area contributed by atoms with Gasteiger partial charge in [0.1, 0.15) is 11.0 Å². The zero-order valence-electron chi connectivity index (χ0n) is 20.6. The van der Waals surface area contributed by atoms with Crippen LogP contribution < -0.4 is 10.2 Å². The number of carbonyl (C=O) groups excluding carboxylic acids is 2. The third kappa shape index (κ3) is 5.78. The summed E-state index contributed by atoms with van der Waals surface area (Å²) in [7, 11) is 3.40. The molecule has 0 saturated carbocycles. The van der Waals surface area contributed by atoms with Crippen molar-refractivity contribution < 1.29 is 14.3 Å². The fraction of sp³-hybridized carbons (Fsp3) is 0.519. The SMILES string of the molecule is CN(C)C(=O)c1ccc(N2CCC(CCCNC(=O)[C@]3(c4ccccc4)CCCO3)CC2)nc1Cl. The first-order valence-electron chi connectivity index (χ1n) is 12.5. The van der Waals surface area contributed by atoms with Gasteiger partial charge in [-0.3, -0.25) is 9.59 Å². The molecule has 0 bridgehead atoms. The van der Waals surface area contributed by atoms with Crippen LogP contribution in [0.3, 0.4) is 0 Å². The summed E-state index contributed by atoms with van der Waals surface area (Å²) in [6, 6.07) is 13.5. The van der Waals surface area contributed by atoms with Crippen LogP contribution in [-0.2, 0) is 15.1 Å². The highest BCUT2D eigenvalue weighted by Crippen LogP contribution is 2.36. The van der Waals surface area contributed by atoms with Gasteiger partial charge in [-0.1, -0.05) is 41.9 Å². The molecule has 7 nitrogen and oxygen atoms in total. The van der Waals surface area contributed by atoms with Crippen molar-refractivity contribution in [3.05, 3.63) is 58.7 Å². The van der Waals surface area contributed by atoms with Gasteiger partial charge in [-0.2, -0.15) is 0 Å². The number of nitrogens with zero attached hydrogens (tertiary/aromatic N) is 3. The molecule has 3 heterocycles. The highest BCUT2D eigenvalue weighted by molar-refractivity contribution is 6.32. The summed E-state index contributed by atoms with van der Waals surface area (Å²) < 4.78 is 5.98. The molecule has 2 amide bonds. The van der Waals surface area contributed by atoms with E-state index in [1.807, 2.05) is 36.4 Å². The lowest BCUT2D eigenvalue weighted by atomic mass is 9.89. The van der Waals surface area contributed by atoms with E-state index in [9.17, 15) is 9.59 Å². The second-order valence-electron chi connectivity index (χ2n) is 9.68. The van der Waals surface area contributed by atoms with E-state index >= 15 is 0 Å². The molecule has 1 aromatic heterocycles. The third-order valence-electron chi connectivity index (χ3n) is 7.11. The van der Waals surface area contributed by atoms with E-state index in [0.717, 1.165) is 63.0 Å². The molecular weight excluding hydrogens is 464 g/mol. The Labute approximate surface area is 212 Å². The standard InChI is InChI=1S/C27H35ClN4O3/c1-31(2)25(33)22-11-12-23(30-24(22)28)32-17-13-20(14-18-32)8-6-16-29-26(34)27(15-7-19-35-27)21-9-4-3-5-10-21/h3-5,9-12,20H,6-8,13-19H2,1-2H3,(H,29,34)/t27-/m1/s1. The molecule has 4 rings (SSSR count). The lowest BCUT2D eigenvalue weighted by Crippen LogP contribution is -2.44. The number of hydrogen-bond acceptors (Lipinski definition) is 5. The average Bonchev–Trinajstić information content (AvgIpc) is 3.38. The largest absolute Gasteiger partial charge is 0.360 e. The van der Waals surface area contributed by atoms with E-state index in [2.05, 4.69) is 15.2 Å². The van der Waals surface area contributed by atoms with Crippen LogP contribution in [0.4, 0.5) is 5.82 Å². The summed E-state index contributed by atoms with van der Waals surface area (Å²) in [4.78, 5) is 33.5. The molecule has 0 unspecified atom stereocenters. The van der Waals surface area contributed by atoms with E-state index in [1.165, 1.54) is 4.90 Å². The van der Waals surface area contributed by atoms with Crippen LogP contribution in [0.5, 0.6) is 0 Å². The number of hydrogen-bond donors (Lipinski definition) is 1. The number of rotatable bonds is 8. The molecule has 0 spiro atoms. The molecule has 1 N–H and O–H groups in total. The highest BCUT2D eigenvalue weighted by Gasteiger charge is 2.44. The van der Waals surface area contributed by atoms with E-state index < -0.39 is 5.60 Å². The Bertz CT molecular complexity index is 1020. The maximum Gasteiger partial charge on any atom is 0.256 e. The molecule has 188 valence electrons. The Morgan fingerprint density at radius 2 is 1.91 bits per heavy atom. The molecule has 2 saturated heterocycles. The van der Waals surface area contributed by atoms with E-state index in [4.69, 9.17) is 16.3 Å². The van der Waals surface area contributed by atoms with Gasteiger partial charge >= 0.3 is 0 Å². The van der Waals surface area contributed by atoms with Gasteiger partial charge in [-0.15, -0.1) is 0 Å². The van der Waals surface area contributed by atoms with Gasteiger partial charge in [-0.05, 0) is 62.1 Å². The van der Waals surface area contributed by atoms with Gasteiger partial charge in [0, 0.05) is 40.3 Å². The molecule has 35 heavy (non-hydrogen) atoms. The van der Waals surface area contributed by atoms with Gasteiger partial charge in [0.15, 0.2) is 5.60 Å². The number of carbonyl (C=O) groups is 2. The molecule has 1 aromatic carbocycles. The monoisotopic (exact) mass is 498 g/mol. The van der Waals surface area contributed by atoms with Crippen LogP contribution in [0.2, 0.25) is 5.15 Å². The number of nitrogens with one attached hydrogen (secondary N) is 1. The Hall–Kier alpha value is -2.64. The predicted octanol–water partition coefficient (Wildman–Crippen LogP) is 4.26. The minimum absolute atomic E-state index is 0.0184. The Kier molecular flexibility index (Phi) is 8.29. The molecule has 2 aromatic rings. The van der Waals surface area contributed by atoms with Crippen LogP contribution >= 0.6 is 11.6 Å². The zero-order chi connectivity index (χ0) is 24.8. The smallest absolute Gasteiger partial charge is 0.256 e. The van der Waals surface area contributed by atoms with Crippen molar-refractivity contribution in [1.82, 2.24) is 15.2 Å². The van der Waals surface area contributed by atoms with Gasteiger partial charge in [0.05, 0.1) is 5.56 Å². The average molecular weight is 499 g/mol. The van der Waals surface area contributed by atoms with E-state index in [-0.39, 0.29) is 17.0 Å². The van der Waals surface area contributed by atoms with Crippen molar-refractivity contribution >= 4 is 29.2 Å². The quantitative estimate of drug-likeness (QED) is 0.435. The van der Waals surface area contributed by atoms with Gasteiger partial charge in [0.25, 0.3) is 11.8 Å². The van der Waals surface area contributed by atoms with Crippen molar-refractivity contribution in [1.29, 1.82) is 0 Å². The fourth-order valence-corrected chi connectivity index (χ4v) is 5.30. The van der Waals surface area contributed by atoms with E-state index in [0.29, 0.717) is 24.6 Å². The topological polar surface area (TPSA) is 74.8 Å². The first-order valence-corrected chi connectivity index (χ1v) is 12.9. The van der Waals surface area contributed by atoms with E-state index in [1.54, 1.807) is 20.2 Å². The number of aromatic nitrogens is 1. The molecule has 2 fully saturated rings. The number of pyridine rings is 1. The van der Waals surface area contributed by atoms with Crippen molar-refractivity contribution in [3.63, 3.8) is 0 Å². The number of piperidine rings is 1. The van der Waals surface area contributed by atoms with Crippen LogP contribution in [0.1, 0.15) is 54.4 Å². The van der Waals surface area contributed by atoms with Crippen LogP contribution in [0.15, 0.2) is 42.5 Å². The Balaban J connectivity index is 1.22. The minimum atomic E-state index is -0.840. The second kappa shape index (κ2) is 11.4. The maximum absolute atomic E-state index is 13.1. The van der Waals surface area contributed by atoms with Gasteiger partial charge in [-0.25, -0.2) is 4.98 Å². The lowest BCUT2D eigenvalue weighted by molar-refractivity contribution is -0.142. The van der Waals surface area contributed by atoms with Gasteiger partial charge < -0.3 is 19.9 Å². The second-order valence-corrected chi connectivity index (χ2v) is 10.0. The normalized spacial score (nSPS) is 20.6. The minimum Gasteiger partial charge on any atom is -0.360 e. The summed E-state index contributed by atoms with van der Waals surface area (Å²) >= 11 is 6.29. The number of amides is 2. The lowest BCUT2D eigenvalue weighted by Gasteiger charge is -2.33. The highest BCUT2D eigenvalue weighted by atomic mass is 35.5. The molecule has 0 aliphatic carbocycles. The molecule has 2 aliphatic rings. The number of halogens is 1. The Morgan fingerprint density at radius 3 is 2.54 bits per heavy atom. The summed E-state index contributed by atoms with van der Waals surface area (Å²) in [5, 5.41) is 3.39. The van der Waals surface area contributed by atoms with Crippen LogP contribution in [0.25, 0.3) is 0 Å². The summed E-state index contributed by atoms with van der Waals surface area (Å²) in [5.41, 5.74) is 0.526. The zero-order valence-corrected chi connectivity index (χ0v) is 21.4. The molecule has 8 heteroatoms. The molecule has 1 atom stereocenters. The first-order chi connectivity index (χ1) is 16.9. The molecular formula is C27H35ClN4O3. The van der Waals surface area contributed by atoms with Gasteiger partial charge in [0.2, 0.25) is 0 Å². The fourth-order valence-electron chi connectivity index (χ4n) is 5.07. The maximum atomic E-state index is 13.1. The number of benzene rings is 1. The van der Waals surface area contributed by atoms with Crippen LogP contribution in [0, 0.1) is 5.92 Å². The third-order valence-corrected chi connectivity index (χ3v) is 7.40. The first kappa shape index (κ1) is 25.5. The van der Waals surface area contributed by atoms with Crippen molar-refractivity contribution in [2.45, 2.75) is 44.1 Å². The summed E-state index contributed by atoms with van der Waals surface area (Å²) in [5.74, 6) is 1.28. The van der Waals surface area contributed by atoms with Crippen molar-refractivity contribution in [3.8, 4) is 0 Å².